The van der Waals surface area contributed by atoms with E-state index in [2.05, 4.69) is 16.9 Å². The van der Waals surface area contributed by atoms with E-state index in [0.717, 1.165) is 28.1 Å². The first-order valence-corrected chi connectivity index (χ1v) is 8.56. The number of hydrogen-bond acceptors (Lipinski definition) is 5. The largest absolute Gasteiger partial charge is 0.422 e. The quantitative estimate of drug-likeness (QED) is 0.516. The predicted molar refractivity (Wildman–Crippen MR) is 96.2 cm³/mol. The number of aromatic nitrogens is 2. The zero-order valence-electron chi connectivity index (χ0n) is 13.0. The van der Waals surface area contributed by atoms with Gasteiger partial charge in [0.1, 0.15) is 10.6 Å². The number of thiazole rings is 1. The molecule has 5 heteroatoms. The van der Waals surface area contributed by atoms with Crippen LogP contribution in [0.2, 0.25) is 0 Å². The van der Waals surface area contributed by atoms with E-state index >= 15 is 0 Å². The van der Waals surface area contributed by atoms with E-state index in [1.165, 1.54) is 11.3 Å². The van der Waals surface area contributed by atoms with Crippen LogP contribution in [-0.2, 0) is 6.42 Å². The van der Waals surface area contributed by atoms with E-state index in [9.17, 15) is 4.79 Å². The Hall–Kier alpha value is -2.79. The number of para-hydroxylation sites is 1. The van der Waals surface area contributed by atoms with Crippen molar-refractivity contribution in [3.05, 3.63) is 70.2 Å². The van der Waals surface area contributed by atoms with Gasteiger partial charge in [-0.1, -0.05) is 25.1 Å². The molecule has 24 heavy (non-hydrogen) atoms. The summed E-state index contributed by atoms with van der Waals surface area (Å²) in [5, 5.41) is 3.65. The first-order valence-electron chi connectivity index (χ1n) is 7.68. The molecule has 118 valence electrons. The minimum absolute atomic E-state index is 0.366. The van der Waals surface area contributed by atoms with Crippen LogP contribution in [0, 0.1) is 0 Å². The van der Waals surface area contributed by atoms with Crippen molar-refractivity contribution in [3.63, 3.8) is 0 Å². The maximum Gasteiger partial charge on any atom is 0.345 e. The van der Waals surface area contributed by atoms with Gasteiger partial charge < -0.3 is 4.42 Å². The summed E-state index contributed by atoms with van der Waals surface area (Å²) in [6.07, 6.45) is 2.67. The summed E-state index contributed by atoms with van der Waals surface area (Å²) in [5.74, 6) is 0. The molecule has 4 aromatic rings. The summed E-state index contributed by atoms with van der Waals surface area (Å²) in [6, 6.07) is 13.3. The van der Waals surface area contributed by atoms with Gasteiger partial charge in [-0.25, -0.2) is 9.78 Å². The molecule has 0 fully saturated rings. The predicted octanol–water partition coefficient (Wildman–Crippen LogP) is 4.54. The number of nitrogens with zero attached hydrogens (tertiary/aromatic N) is 2. The molecule has 0 bridgehead atoms. The molecule has 0 atom stereocenters. The standard InChI is InChI=1S/C19H14N2O2S/c1-2-14-9-13(7-8-20-14)18-21-16(11-24-18)15-10-12-5-3-4-6-17(12)23-19(15)22/h3-11H,2H2,1H3. The van der Waals surface area contributed by atoms with Gasteiger partial charge in [0.15, 0.2) is 0 Å². The van der Waals surface area contributed by atoms with Crippen LogP contribution >= 0.6 is 11.3 Å². The van der Waals surface area contributed by atoms with Crippen LogP contribution in [0.4, 0.5) is 0 Å². The average Bonchev–Trinajstić information content (AvgIpc) is 3.11. The maximum atomic E-state index is 12.3. The van der Waals surface area contributed by atoms with Crippen LogP contribution in [0.25, 0.3) is 32.8 Å². The fraction of sp³-hybridized carbons (Fsp3) is 0.105. The van der Waals surface area contributed by atoms with Crippen LogP contribution < -0.4 is 5.63 Å². The lowest BCUT2D eigenvalue weighted by atomic mass is 10.1. The summed E-state index contributed by atoms with van der Waals surface area (Å²) < 4.78 is 5.40. The maximum absolute atomic E-state index is 12.3. The summed E-state index contributed by atoms with van der Waals surface area (Å²) in [4.78, 5) is 21.2. The Kier molecular flexibility index (Phi) is 3.70. The first-order chi connectivity index (χ1) is 11.7. The van der Waals surface area contributed by atoms with Gasteiger partial charge >= 0.3 is 5.63 Å². The second kappa shape index (κ2) is 6.02. The number of fused-ring (bicyclic) bond motifs is 1. The Bertz CT molecular complexity index is 1080. The lowest BCUT2D eigenvalue weighted by Crippen LogP contribution is -2.02. The van der Waals surface area contributed by atoms with Gasteiger partial charge in [0, 0.05) is 28.2 Å². The minimum atomic E-state index is -0.366. The van der Waals surface area contributed by atoms with Gasteiger partial charge in [-0.05, 0) is 30.7 Å². The van der Waals surface area contributed by atoms with Crippen LogP contribution in [-0.4, -0.2) is 9.97 Å². The van der Waals surface area contributed by atoms with Crippen LogP contribution in [0.5, 0.6) is 0 Å². The van der Waals surface area contributed by atoms with Crippen molar-refractivity contribution in [3.8, 4) is 21.8 Å². The second-order valence-corrected chi connectivity index (χ2v) is 6.27. The molecule has 0 N–H and O–H groups in total. The van der Waals surface area contributed by atoms with E-state index in [1.807, 2.05) is 41.8 Å². The number of benzene rings is 1. The highest BCUT2D eigenvalue weighted by Gasteiger charge is 2.12. The molecule has 3 heterocycles. The highest BCUT2D eigenvalue weighted by Crippen LogP contribution is 2.29. The van der Waals surface area contributed by atoms with Crippen molar-refractivity contribution in [1.29, 1.82) is 0 Å². The molecule has 4 rings (SSSR count). The summed E-state index contributed by atoms with van der Waals surface area (Å²) in [5.41, 5.74) is 3.39. The number of aryl methyl sites for hydroxylation is 1. The number of pyridine rings is 1. The third-order valence-corrected chi connectivity index (χ3v) is 4.74. The van der Waals surface area contributed by atoms with E-state index in [0.29, 0.717) is 16.8 Å². The Morgan fingerprint density at radius 3 is 2.92 bits per heavy atom. The van der Waals surface area contributed by atoms with Crippen molar-refractivity contribution >= 4 is 22.3 Å². The van der Waals surface area contributed by atoms with E-state index in [1.54, 1.807) is 12.3 Å². The van der Waals surface area contributed by atoms with Gasteiger partial charge in [0.2, 0.25) is 0 Å². The van der Waals surface area contributed by atoms with Crippen molar-refractivity contribution in [2.45, 2.75) is 13.3 Å². The molecule has 1 aromatic carbocycles. The molecular weight excluding hydrogens is 320 g/mol. The van der Waals surface area contributed by atoms with Gasteiger partial charge in [-0.15, -0.1) is 11.3 Å². The Balaban J connectivity index is 1.80. The zero-order valence-corrected chi connectivity index (χ0v) is 13.8. The smallest absolute Gasteiger partial charge is 0.345 e. The topological polar surface area (TPSA) is 56.0 Å². The molecule has 4 nitrogen and oxygen atoms in total. The van der Waals surface area contributed by atoms with Gasteiger partial charge in [0.05, 0.1) is 11.3 Å². The molecule has 0 aliphatic carbocycles. The lowest BCUT2D eigenvalue weighted by Gasteiger charge is -2.00. The Labute approximate surface area is 142 Å². The molecular formula is C19H14N2O2S. The summed E-state index contributed by atoms with van der Waals surface area (Å²) >= 11 is 1.51. The van der Waals surface area contributed by atoms with E-state index < -0.39 is 0 Å². The molecule has 0 aliphatic rings. The highest BCUT2D eigenvalue weighted by atomic mass is 32.1. The molecule has 0 saturated carbocycles. The molecule has 0 saturated heterocycles. The number of hydrogen-bond donors (Lipinski definition) is 0. The van der Waals surface area contributed by atoms with Crippen molar-refractivity contribution in [2.75, 3.05) is 0 Å². The second-order valence-electron chi connectivity index (χ2n) is 5.41. The van der Waals surface area contributed by atoms with E-state index in [-0.39, 0.29) is 5.63 Å². The summed E-state index contributed by atoms with van der Waals surface area (Å²) in [7, 11) is 0. The van der Waals surface area contributed by atoms with Gasteiger partial charge in [0.25, 0.3) is 0 Å². The first kappa shape index (κ1) is 14.8. The van der Waals surface area contributed by atoms with Crippen LogP contribution in [0.15, 0.2) is 63.3 Å². The fourth-order valence-electron chi connectivity index (χ4n) is 2.58. The van der Waals surface area contributed by atoms with Crippen molar-refractivity contribution in [2.24, 2.45) is 0 Å². The average molecular weight is 334 g/mol. The zero-order chi connectivity index (χ0) is 16.5. The molecule has 0 spiro atoms. The Morgan fingerprint density at radius 1 is 1.17 bits per heavy atom. The highest BCUT2D eigenvalue weighted by molar-refractivity contribution is 7.13. The molecule has 0 aliphatic heterocycles. The molecule has 0 amide bonds. The lowest BCUT2D eigenvalue weighted by molar-refractivity contribution is 0.563. The van der Waals surface area contributed by atoms with Crippen molar-refractivity contribution in [1.82, 2.24) is 9.97 Å². The third kappa shape index (κ3) is 2.63. The molecule has 0 unspecified atom stereocenters. The summed E-state index contributed by atoms with van der Waals surface area (Å²) in [6.45, 7) is 2.07. The van der Waals surface area contributed by atoms with Gasteiger partial charge in [-0.3, -0.25) is 4.98 Å². The van der Waals surface area contributed by atoms with Gasteiger partial charge in [-0.2, -0.15) is 0 Å². The number of rotatable bonds is 3. The minimum Gasteiger partial charge on any atom is -0.422 e. The molecule has 0 radical (unpaired) electrons. The van der Waals surface area contributed by atoms with E-state index in [4.69, 9.17) is 4.42 Å². The Morgan fingerprint density at radius 2 is 2.04 bits per heavy atom. The molecule has 3 aromatic heterocycles. The monoisotopic (exact) mass is 334 g/mol. The SMILES string of the molecule is CCc1cc(-c2nc(-c3cc4ccccc4oc3=O)cs2)ccn1. The fourth-order valence-corrected chi connectivity index (χ4v) is 3.39. The third-order valence-electron chi connectivity index (χ3n) is 3.85. The van der Waals surface area contributed by atoms with Crippen LogP contribution in [0.3, 0.4) is 0 Å². The normalized spacial score (nSPS) is 11.0. The van der Waals surface area contributed by atoms with Crippen LogP contribution in [0.1, 0.15) is 12.6 Å². The van der Waals surface area contributed by atoms with Crippen molar-refractivity contribution < 1.29 is 4.42 Å².